The molecule has 0 spiro atoms. The highest BCUT2D eigenvalue weighted by molar-refractivity contribution is 8.18. The highest BCUT2D eigenvalue weighted by Crippen LogP contribution is 2.27. The first-order valence-electron chi connectivity index (χ1n) is 7.25. The highest BCUT2D eigenvalue weighted by Gasteiger charge is 2.23. The summed E-state index contributed by atoms with van der Waals surface area (Å²) in [5.74, 6) is -0.116. The highest BCUT2D eigenvalue weighted by atomic mass is 32.2. The van der Waals surface area contributed by atoms with Crippen molar-refractivity contribution in [2.75, 3.05) is 0 Å². The van der Waals surface area contributed by atoms with Gasteiger partial charge in [-0.2, -0.15) is 0 Å². The van der Waals surface area contributed by atoms with Gasteiger partial charge in [0.25, 0.3) is 5.91 Å². The molecule has 0 radical (unpaired) electrons. The van der Waals surface area contributed by atoms with Gasteiger partial charge < -0.3 is 5.32 Å². The van der Waals surface area contributed by atoms with Crippen molar-refractivity contribution in [3.8, 4) is 0 Å². The molecule has 5 nitrogen and oxygen atoms in total. The third-order valence-electron chi connectivity index (χ3n) is 3.44. The number of carbonyl (C=O) groups excluding carboxylic acids is 1. The van der Waals surface area contributed by atoms with Crippen LogP contribution in [0.15, 0.2) is 58.1 Å². The van der Waals surface area contributed by atoms with Crippen molar-refractivity contribution in [1.82, 2.24) is 15.3 Å². The van der Waals surface area contributed by atoms with Crippen molar-refractivity contribution in [2.24, 2.45) is 4.99 Å². The number of rotatable bonds is 3. The van der Waals surface area contributed by atoms with E-state index in [4.69, 9.17) is 0 Å². The number of thioether (sulfide) groups is 1. The van der Waals surface area contributed by atoms with Crippen LogP contribution in [0.5, 0.6) is 0 Å². The lowest BCUT2D eigenvalue weighted by Crippen LogP contribution is -2.19. The molecular weight excluding hydrogens is 340 g/mol. The van der Waals surface area contributed by atoms with Gasteiger partial charge in [-0.15, -0.1) is 11.3 Å². The molecule has 7 heteroatoms. The second kappa shape index (κ2) is 6.54. The number of aliphatic imine (C=N–C) groups is 1. The predicted molar refractivity (Wildman–Crippen MR) is 98.7 cm³/mol. The summed E-state index contributed by atoms with van der Waals surface area (Å²) < 4.78 is 0. The minimum absolute atomic E-state index is 0.116. The Labute approximate surface area is 146 Å². The van der Waals surface area contributed by atoms with E-state index in [9.17, 15) is 4.79 Å². The Morgan fingerprint density at radius 2 is 2.25 bits per heavy atom. The van der Waals surface area contributed by atoms with E-state index in [2.05, 4.69) is 20.3 Å². The number of thiophene rings is 1. The summed E-state index contributed by atoms with van der Waals surface area (Å²) in [6.07, 6.45) is 5.15. The Kier molecular flexibility index (Phi) is 4.10. The fourth-order valence-electron chi connectivity index (χ4n) is 2.30. The Hall–Kier alpha value is -2.51. The summed E-state index contributed by atoms with van der Waals surface area (Å²) in [5, 5.41) is 6.42. The van der Waals surface area contributed by atoms with Gasteiger partial charge in [0.2, 0.25) is 0 Å². The summed E-state index contributed by atoms with van der Waals surface area (Å²) in [7, 11) is 0. The number of carbonyl (C=O) groups is 1. The van der Waals surface area contributed by atoms with Crippen LogP contribution in [0, 0.1) is 0 Å². The lowest BCUT2D eigenvalue weighted by molar-refractivity contribution is -0.115. The molecule has 0 bridgehead atoms. The summed E-state index contributed by atoms with van der Waals surface area (Å²) in [4.78, 5) is 26.6. The molecule has 0 aliphatic carbocycles. The van der Waals surface area contributed by atoms with Crippen molar-refractivity contribution >= 4 is 51.2 Å². The molecule has 118 valence electrons. The Morgan fingerprint density at radius 3 is 3.12 bits per heavy atom. The smallest absolute Gasteiger partial charge is 0.264 e. The third kappa shape index (κ3) is 3.22. The van der Waals surface area contributed by atoms with E-state index >= 15 is 0 Å². The summed E-state index contributed by atoms with van der Waals surface area (Å²) in [6, 6.07) is 9.86. The predicted octanol–water partition coefficient (Wildman–Crippen LogP) is 3.45. The molecule has 1 saturated heterocycles. The minimum Gasteiger partial charge on any atom is -0.301 e. The van der Waals surface area contributed by atoms with Crippen molar-refractivity contribution < 1.29 is 4.79 Å². The maximum atomic E-state index is 12.1. The molecule has 2 aromatic heterocycles. The van der Waals surface area contributed by atoms with E-state index in [0.717, 1.165) is 16.5 Å². The molecule has 0 saturated carbocycles. The zero-order chi connectivity index (χ0) is 16.4. The molecule has 3 heterocycles. The third-order valence-corrected chi connectivity index (χ3v) is 5.24. The molecule has 3 aromatic rings. The standard InChI is InChI=1S/C17H12N4OS2/c22-16-15(24-17(21-16)19-9-13-2-1-5-23-13)7-11-3-4-14-12(6-11)8-18-10-20-14/h1-8,10H,9H2,(H,19,21,22)/b15-7-. The van der Waals surface area contributed by atoms with Crippen molar-refractivity contribution in [2.45, 2.75) is 6.54 Å². The first-order chi connectivity index (χ1) is 11.8. The number of nitrogens with zero attached hydrogens (tertiary/aromatic N) is 3. The largest absolute Gasteiger partial charge is 0.301 e. The van der Waals surface area contributed by atoms with Gasteiger partial charge in [-0.05, 0) is 47.0 Å². The van der Waals surface area contributed by atoms with Crippen molar-refractivity contribution in [1.29, 1.82) is 0 Å². The average molecular weight is 352 g/mol. The quantitative estimate of drug-likeness (QED) is 0.733. The molecule has 1 aliphatic heterocycles. The van der Waals surface area contributed by atoms with Crippen LogP contribution in [0.2, 0.25) is 0 Å². The Bertz CT molecular complexity index is 964. The van der Waals surface area contributed by atoms with E-state index < -0.39 is 0 Å². The van der Waals surface area contributed by atoms with E-state index in [1.54, 1.807) is 17.5 Å². The van der Waals surface area contributed by atoms with Crippen LogP contribution < -0.4 is 5.32 Å². The molecule has 1 fully saturated rings. The van der Waals surface area contributed by atoms with Gasteiger partial charge in [0.05, 0.1) is 17.0 Å². The molecule has 0 unspecified atom stereocenters. The van der Waals surface area contributed by atoms with Gasteiger partial charge in [-0.3, -0.25) is 9.79 Å². The van der Waals surface area contributed by atoms with Gasteiger partial charge in [0, 0.05) is 16.5 Å². The van der Waals surface area contributed by atoms with E-state index in [0.29, 0.717) is 16.6 Å². The van der Waals surface area contributed by atoms with Gasteiger partial charge >= 0.3 is 0 Å². The minimum atomic E-state index is -0.116. The fourth-order valence-corrected chi connectivity index (χ4v) is 3.75. The van der Waals surface area contributed by atoms with Crippen LogP contribution >= 0.6 is 23.1 Å². The number of aromatic nitrogens is 2. The lowest BCUT2D eigenvalue weighted by atomic mass is 10.1. The number of hydrogen-bond donors (Lipinski definition) is 1. The molecule has 1 aromatic carbocycles. The van der Waals surface area contributed by atoms with Gasteiger partial charge in [-0.25, -0.2) is 9.97 Å². The maximum Gasteiger partial charge on any atom is 0.264 e. The van der Waals surface area contributed by atoms with E-state index in [1.807, 2.05) is 41.8 Å². The number of hydrogen-bond acceptors (Lipinski definition) is 6. The molecule has 24 heavy (non-hydrogen) atoms. The van der Waals surface area contributed by atoms with Crippen LogP contribution in [0.4, 0.5) is 0 Å². The second-order valence-corrected chi connectivity index (χ2v) is 7.17. The molecule has 1 amide bonds. The lowest BCUT2D eigenvalue weighted by Gasteiger charge is -1.98. The van der Waals surface area contributed by atoms with Crippen LogP contribution in [0.3, 0.4) is 0 Å². The Morgan fingerprint density at radius 1 is 1.29 bits per heavy atom. The summed E-state index contributed by atoms with van der Waals surface area (Å²) in [5.41, 5.74) is 1.82. The zero-order valence-corrected chi connectivity index (χ0v) is 14.1. The van der Waals surface area contributed by atoms with Crippen molar-refractivity contribution in [3.63, 3.8) is 0 Å². The fraction of sp³-hybridized carbons (Fsp3) is 0.0588. The first-order valence-corrected chi connectivity index (χ1v) is 8.95. The molecular formula is C17H12N4OS2. The molecule has 1 aliphatic rings. The van der Waals surface area contributed by atoms with Gasteiger partial charge in [0.1, 0.15) is 6.33 Å². The number of benzene rings is 1. The maximum absolute atomic E-state index is 12.1. The number of amides is 1. The second-order valence-electron chi connectivity index (χ2n) is 5.11. The van der Waals surface area contributed by atoms with Gasteiger partial charge in [0.15, 0.2) is 5.17 Å². The monoisotopic (exact) mass is 352 g/mol. The zero-order valence-electron chi connectivity index (χ0n) is 12.5. The topological polar surface area (TPSA) is 67.2 Å². The number of fused-ring (bicyclic) bond motifs is 1. The normalized spacial score (nSPS) is 17.8. The van der Waals surface area contributed by atoms with E-state index in [1.165, 1.54) is 23.0 Å². The van der Waals surface area contributed by atoms with Crippen LogP contribution in [0.25, 0.3) is 17.0 Å². The summed E-state index contributed by atoms with van der Waals surface area (Å²) in [6.45, 7) is 0.584. The first kappa shape index (κ1) is 15.0. The molecule has 0 atom stereocenters. The van der Waals surface area contributed by atoms with Crippen molar-refractivity contribution in [3.05, 3.63) is 63.6 Å². The number of amidine groups is 1. The van der Waals surface area contributed by atoms with Crippen LogP contribution in [-0.2, 0) is 11.3 Å². The van der Waals surface area contributed by atoms with Crippen LogP contribution in [-0.4, -0.2) is 21.0 Å². The van der Waals surface area contributed by atoms with Gasteiger partial charge in [-0.1, -0.05) is 12.1 Å². The molecule has 1 N–H and O–H groups in total. The molecule has 4 rings (SSSR count). The van der Waals surface area contributed by atoms with E-state index in [-0.39, 0.29) is 5.91 Å². The average Bonchev–Trinajstić information content (AvgIpc) is 3.23. The van der Waals surface area contributed by atoms with Crippen LogP contribution in [0.1, 0.15) is 10.4 Å². The number of nitrogens with one attached hydrogen (secondary N) is 1. The SMILES string of the molecule is O=C1NC(=NCc2cccs2)S/C1=C\c1ccc2ncncc2c1. The Balaban J connectivity index is 1.55. The summed E-state index contributed by atoms with van der Waals surface area (Å²) >= 11 is 3.02.